The molecule has 1 atom stereocenters. The molecule has 98 valence electrons. The lowest BCUT2D eigenvalue weighted by atomic mass is 10.1. The minimum Gasteiger partial charge on any atom is -0.479 e. The molecular formula is C12H14FNO4. The van der Waals surface area contributed by atoms with Crippen molar-refractivity contribution in [2.45, 2.75) is 19.4 Å². The minimum atomic E-state index is -1.50. The highest BCUT2D eigenvalue weighted by atomic mass is 19.1. The summed E-state index contributed by atoms with van der Waals surface area (Å²) in [5.41, 5.74) is 0.812. The Morgan fingerprint density at radius 3 is 2.67 bits per heavy atom. The number of rotatable bonds is 5. The van der Waals surface area contributed by atoms with Crippen LogP contribution in [0.2, 0.25) is 0 Å². The van der Waals surface area contributed by atoms with Crippen molar-refractivity contribution in [1.29, 1.82) is 0 Å². The lowest BCUT2D eigenvalue weighted by Gasteiger charge is -2.09. The number of carboxylic acid groups (broad SMARTS) is 1. The molecule has 0 heterocycles. The second-order valence-electron chi connectivity index (χ2n) is 3.86. The van der Waals surface area contributed by atoms with Crippen LogP contribution in [0.1, 0.15) is 22.3 Å². The van der Waals surface area contributed by atoms with E-state index in [0.29, 0.717) is 11.1 Å². The summed E-state index contributed by atoms with van der Waals surface area (Å²) in [6.07, 6.45) is -1.58. The Morgan fingerprint density at radius 1 is 1.44 bits per heavy atom. The number of benzene rings is 1. The van der Waals surface area contributed by atoms with Gasteiger partial charge in [-0.05, 0) is 30.7 Å². The summed E-state index contributed by atoms with van der Waals surface area (Å²) >= 11 is 0. The van der Waals surface area contributed by atoms with Crippen molar-refractivity contribution in [2.24, 2.45) is 0 Å². The second kappa shape index (κ2) is 6.11. The number of hydrogen-bond donors (Lipinski definition) is 3. The monoisotopic (exact) mass is 255 g/mol. The quantitative estimate of drug-likeness (QED) is 0.722. The number of aliphatic hydroxyl groups is 1. The molecule has 6 heteroatoms. The number of halogens is 1. The molecule has 5 nitrogen and oxygen atoms in total. The van der Waals surface area contributed by atoms with Crippen molar-refractivity contribution in [3.05, 3.63) is 35.1 Å². The number of aryl methyl sites for hydroxylation is 1. The van der Waals surface area contributed by atoms with E-state index in [9.17, 15) is 14.0 Å². The van der Waals surface area contributed by atoms with E-state index < -0.39 is 23.8 Å². The van der Waals surface area contributed by atoms with Crippen molar-refractivity contribution in [2.75, 3.05) is 6.54 Å². The summed E-state index contributed by atoms with van der Waals surface area (Å²) in [6.45, 7) is 1.63. The van der Waals surface area contributed by atoms with Crippen LogP contribution in [-0.4, -0.2) is 34.7 Å². The van der Waals surface area contributed by atoms with Crippen LogP contribution in [0.25, 0.3) is 0 Å². The van der Waals surface area contributed by atoms with Gasteiger partial charge in [0.05, 0.1) is 0 Å². The van der Waals surface area contributed by atoms with E-state index in [1.807, 2.05) is 0 Å². The predicted molar refractivity (Wildman–Crippen MR) is 61.7 cm³/mol. The lowest BCUT2D eigenvalue weighted by molar-refractivity contribution is -0.146. The molecule has 0 spiro atoms. The predicted octanol–water partition coefficient (Wildman–Crippen LogP) is 0.700. The number of hydrogen-bond acceptors (Lipinski definition) is 3. The molecule has 0 aliphatic heterocycles. The van der Waals surface area contributed by atoms with Crippen molar-refractivity contribution < 1.29 is 24.2 Å². The third-order valence-corrected chi connectivity index (χ3v) is 2.42. The smallest absolute Gasteiger partial charge is 0.332 e. The molecule has 0 aliphatic rings. The van der Waals surface area contributed by atoms with Crippen LogP contribution in [0.15, 0.2) is 18.2 Å². The summed E-state index contributed by atoms with van der Waals surface area (Å²) in [5, 5.41) is 19.9. The zero-order valence-corrected chi connectivity index (χ0v) is 9.81. The Labute approximate surface area is 103 Å². The number of amides is 1. The highest BCUT2D eigenvalue weighted by Crippen LogP contribution is 2.09. The summed E-state index contributed by atoms with van der Waals surface area (Å²) in [6, 6.07) is 3.77. The SMILES string of the molecule is Cc1cc(F)ccc1C(=O)NCC[C@H](O)C(=O)O. The van der Waals surface area contributed by atoms with Crippen LogP contribution < -0.4 is 5.32 Å². The molecule has 1 amide bonds. The third-order valence-electron chi connectivity index (χ3n) is 2.42. The lowest BCUT2D eigenvalue weighted by Crippen LogP contribution is -2.30. The average molecular weight is 255 g/mol. The first-order chi connectivity index (χ1) is 8.41. The first-order valence-corrected chi connectivity index (χ1v) is 5.37. The van der Waals surface area contributed by atoms with Gasteiger partial charge in [-0.3, -0.25) is 4.79 Å². The van der Waals surface area contributed by atoms with Gasteiger partial charge in [0.25, 0.3) is 5.91 Å². The molecule has 3 N–H and O–H groups in total. The molecule has 1 aromatic carbocycles. The van der Waals surface area contributed by atoms with Gasteiger partial charge in [0.1, 0.15) is 5.82 Å². The molecule has 0 unspecified atom stereocenters. The number of carbonyl (C=O) groups excluding carboxylic acids is 1. The van der Waals surface area contributed by atoms with Gasteiger partial charge in [-0.25, -0.2) is 9.18 Å². The van der Waals surface area contributed by atoms with Gasteiger partial charge in [-0.2, -0.15) is 0 Å². The number of carboxylic acids is 1. The van der Waals surface area contributed by atoms with E-state index >= 15 is 0 Å². The van der Waals surface area contributed by atoms with Crippen molar-refractivity contribution in [3.8, 4) is 0 Å². The highest BCUT2D eigenvalue weighted by Gasteiger charge is 2.14. The molecule has 0 bridgehead atoms. The van der Waals surface area contributed by atoms with E-state index in [1.54, 1.807) is 6.92 Å². The Bertz CT molecular complexity index is 461. The summed E-state index contributed by atoms with van der Waals surface area (Å²) in [4.78, 5) is 22.0. The van der Waals surface area contributed by atoms with Gasteiger partial charge in [0.15, 0.2) is 6.10 Å². The molecule has 0 saturated carbocycles. The number of carbonyl (C=O) groups is 2. The van der Waals surface area contributed by atoms with Crippen LogP contribution >= 0.6 is 0 Å². The second-order valence-corrected chi connectivity index (χ2v) is 3.86. The first kappa shape index (κ1) is 14.1. The molecule has 0 saturated heterocycles. The summed E-state index contributed by atoms with van der Waals surface area (Å²) in [5.74, 6) is -2.18. The van der Waals surface area contributed by atoms with Crippen molar-refractivity contribution in [1.82, 2.24) is 5.32 Å². The van der Waals surface area contributed by atoms with Gasteiger partial charge in [0.2, 0.25) is 0 Å². The molecule has 1 aromatic rings. The van der Waals surface area contributed by atoms with Gasteiger partial charge in [-0.15, -0.1) is 0 Å². The molecular weight excluding hydrogens is 241 g/mol. The molecule has 0 aliphatic carbocycles. The Hall–Kier alpha value is -1.95. The molecule has 18 heavy (non-hydrogen) atoms. The van der Waals surface area contributed by atoms with E-state index in [-0.39, 0.29) is 13.0 Å². The van der Waals surface area contributed by atoms with E-state index in [0.717, 1.165) is 0 Å². The van der Waals surface area contributed by atoms with Crippen LogP contribution in [-0.2, 0) is 4.79 Å². The first-order valence-electron chi connectivity index (χ1n) is 5.37. The fourth-order valence-electron chi connectivity index (χ4n) is 1.42. The van der Waals surface area contributed by atoms with E-state index in [1.165, 1.54) is 18.2 Å². The maximum atomic E-state index is 12.8. The maximum absolute atomic E-state index is 12.8. The minimum absolute atomic E-state index is 0.0309. The highest BCUT2D eigenvalue weighted by molar-refractivity contribution is 5.95. The Balaban J connectivity index is 2.53. The van der Waals surface area contributed by atoms with Gasteiger partial charge in [0, 0.05) is 18.5 Å². The molecule has 0 fully saturated rings. The van der Waals surface area contributed by atoms with Crippen LogP contribution in [0.5, 0.6) is 0 Å². The third kappa shape index (κ3) is 3.81. The fourth-order valence-corrected chi connectivity index (χ4v) is 1.42. The average Bonchev–Trinajstić information content (AvgIpc) is 2.28. The number of aliphatic carboxylic acids is 1. The van der Waals surface area contributed by atoms with Crippen molar-refractivity contribution >= 4 is 11.9 Å². The number of aliphatic hydroxyl groups excluding tert-OH is 1. The zero-order chi connectivity index (χ0) is 13.7. The molecule has 1 rings (SSSR count). The van der Waals surface area contributed by atoms with Gasteiger partial charge >= 0.3 is 5.97 Å². The van der Waals surface area contributed by atoms with Crippen molar-refractivity contribution in [3.63, 3.8) is 0 Å². The normalized spacial score (nSPS) is 11.9. The van der Waals surface area contributed by atoms with Gasteiger partial charge in [-0.1, -0.05) is 0 Å². The topological polar surface area (TPSA) is 86.6 Å². The van der Waals surface area contributed by atoms with Crippen LogP contribution in [0, 0.1) is 12.7 Å². The van der Waals surface area contributed by atoms with E-state index in [2.05, 4.69) is 5.32 Å². The number of nitrogens with one attached hydrogen (secondary N) is 1. The maximum Gasteiger partial charge on any atom is 0.332 e. The summed E-state index contributed by atoms with van der Waals surface area (Å²) in [7, 11) is 0. The standard InChI is InChI=1S/C12H14FNO4/c1-7-6-8(13)2-3-9(7)11(16)14-5-4-10(15)12(17)18/h2-3,6,10,15H,4-5H2,1H3,(H,14,16)(H,17,18)/t10-/m0/s1. The summed E-state index contributed by atoms with van der Waals surface area (Å²) < 4.78 is 12.8. The molecule has 0 aromatic heterocycles. The fraction of sp³-hybridized carbons (Fsp3) is 0.333. The van der Waals surface area contributed by atoms with E-state index in [4.69, 9.17) is 10.2 Å². The zero-order valence-electron chi connectivity index (χ0n) is 9.81. The van der Waals surface area contributed by atoms with Crippen LogP contribution in [0.3, 0.4) is 0 Å². The Morgan fingerprint density at radius 2 is 2.11 bits per heavy atom. The largest absolute Gasteiger partial charge is 0.479 e. The van der Waals surface area contributed by atoms with Gasteiger partial charge < -0.3 is 15.5 Å². The van der Waals surface area contributed by atoms with Crippen LogP contribution in [0.4, 0.5) is 4.39 Å². The molecule has 0 radical (unpaired) electrons. The Kier molecular flexibility index (Phi) is 4.79.